The first-order chi connectivity index (χ1) is 14.0. The smallest absolute Gasteiger partial charge is 0.205 e. The number of nitrogens with zero attached hydrogens (tertiary/aromatic N) is 1. The van der Waals surface area contributed by atoms with Crippen LogP contribution in [0.5, 0.6) is 5.75 Å². The maximum absolute atomic E-state index is 12.7. The molecule has 0 saturated carbocycles. The van der Waals surface area contributed by atoms with Crippen molar-refractivity contribution in [2.45, 2.75) is 38.7 Å². The van der Waals surface area contributed by atoms with Crippen LogP contribution in [0.3, 0.4) is 0 Å². The van der Waals surface area contributed by atoms with Crippen molar-refractivity contribution in [3.63, 3.8) is 0 Å². The van der Waals surface area contributed by atoms with Crippen LogP contribution in [0.2, 0.25) is 0 Å². The predicted octanol–water partition coefficient (Wildman–Crippen LogP) is 5.21. The van der Waals surface area contributed by atoms with E-state index in [2.05, 4.69) is 22.0 Å². The fourth-order valence-corrected chi connectivity index (χ4v) is 5.25. The second-order valence-electron chi connectivity index (χ2n) is 6.99. The topological polar surface area (TPSA) is 85.3 Å². The Kier molecular flexibility index (Phi) is 5.48. The molecule has 2 N–H and O–H groups in total. The minimum Gasteiger partial charge on any atom is -0.488 e. The van der Waals surface area contributed by atoms with Crippen molar-refractivity contribution in [1.82, 2.24) is 0 Å². The highest BCUT2D eigenvalue weighted by Crippen LogP contribution is 2.46. The summed E-state index contributed by atoms with van der Waals surface area (Å²) in [6, 6.07) is 11.9. The molecule has 0 amide bonds. The molecule has 0 fully saturated rings. The summed E-state index contributed by atoms with van der Waals surface area (Å²) in [5, 5.41) is 9.70. The molecule has 1 atom stereocenters. The van der Waals surface area contributed by atoms with Gasteiger partial charge in [0.25, 0.3) is 0 Å². The van der Waals surface area contributed by atoms with Crippen molar-refractivity contribution in [2.75, 3.05) is 0 Å². The van der Waals surface area contributed by atoms with Gasteiger partial charge in [-0.25, -0.2) is 0 Å². The lowest BCUT2D eigenvalue weighted by Crippen LogP contribution is -2.27. The molecule has 0 radical (unpaired) electrons. The van der Waals surface area contributed by atoms with Gasteiger partial charge >= 0.3 is 0 Å². The Hall–Kier alpha value is -2.56. The Bertz CT molecular complexity index is 1090. The average molecular weight is 471 g/mol. The summed E-state index contributed by atoms with van der Waals surface area (Å²) in [6.07, 6.45) is 1.88. The van der Waals surface area contributed by atoms with Crippen LogP contribution >= 0.6 is 27.3 Å². The minimum absolute atomic E-state index is 0.0357. The van der Waals surface area contributed by atoms with Crippen LogP contribution in [-0.4, -0.2) is 5.78 Å². The van der Waals surface area contributed by atoms with Gasteiger partial charge in [0.15, 0.2) is 5.78 Å². The summed E-state index contributed by atoms with van der Waals surface area (Å²) in [5.74, 6) is 1.05. The molecule has 0 bridgehead atoms. The molecule has 1 unspecified atom stereocenters. The molecular weight excluding hydrogens is 452 g/mol. The molecule has 1 aliphatic carbocycles. The second-order valence-corrected chi connectivity index (χ2v) is 9.13. The van der Waals surface area contributed by atoms with E-state index in [1.807, 2.05) is 37.3 Å². The van der Waals surface area contributed by atoms with Crippen LogP contribution in [0.25, 0.3) is 0 Å². The van der Waals surface area contributed by atoms with Crippen LogP contribution in [0, 0.1) is 18.3 Å². The summed E-state index contributed by atoms with van der Waals surface area (Å²) in [4.78, 5) is 14.7. The fourth-order valence-electron chi connectivity index (χ4n) is 3.69. The number of benzene rings is 1. The monoisotopic (exact) mass is 470 g/mol. The number of allylic oxidation sites excluding steroid dienone is 3. The first-order valence-electron chi connectivity index (χ1n) is 9.30. The molecule has 5 nitrogen and oxygen atoms in total. The van der Waals surface area contributed by atoms with Crippen molar-refractivity contribution in [2.24, 2.45) is 5.73 Å². The van der Waals surface area contributed by atoms with E-state index in [0.717, 1.165) is 32.0 Å². The van der Waals surface area contributed by atoms with Gasteiger partial charge in [0.05, 0.1) is 10.4 Å². The molecule has 0 saturated heterocycles. The number of nitriles is 1. The predicted molar refractivity (Wildman–Crippen MR) is 114 cm³/mol. The maximum atomic E-state index is 12.7. The standard InChI is InChI=1S/C22H19BrN2O3S/c1-12-13(11-27-17-7-3-2-5-15(17)23)9-19(29-12)20-14(10-24)22(25)28-18-8-4-6-16(26)21(18)20/h2-3,5,7,9,20H,4,6,8,11,25H2,1H3. The molecule has 1 aromatic heterocycles. The van der Waals surface area contributed by atoms with E-state index in [1.54, 1.807) is 11.3 Å². The van der Waals surface area contributed by atoms with E-state index in [1.165, 1.54) is 0 Å². The third kappa shape index (κ3) is 3.70. The van der Waals surface area contributed by atoms with E-state index in [4.69, 9.17) is 15.2 Å². The number of thiophene rings is 1. The van der Waals surface area contributed by atoms with Crippen LogP contribution < -0.4 is 10.5 Å². The van der Waals surface area contributed by atoms with Gasteiger partial charge in [0, 0.05) is 33.7 Å². The van der Waals surface area contributed by atoms with E-state index in [9.17, 15) is 10.1 Å². The Labute approximate surface area is 181 Å². The van der Waals surface area contributed by atoms with Crippen molar-refractivity contribution in [1.29, 1.82) is 5.26 Å². The number of hydrogen-bond acceptors (Lipinski definition) is 6. The number of para-hydroxylation sites is 1. The van der Waals surface area contributed by atoms with Gasteiger partial charge in [0.2, 0.25) is 5.88 Å². The molecule has 7 heteroatoms. The molecule has 29 heavy (non-hydrogen) atoms. The van der Waals surface area contributed by atoms with E-state index in [0.29, 0.717) is 36.4 Å². The van der Waals surface area contributed by atoms with Crippen molar-refractivity contribution >= 4 is 33.0 Å². The zero-order valence-electron chi connectivity index (χ0n) is 15.8. The first kappa shape index (κ1) is 19.7. The fraction of sp³-hybridized carbons (Fsp3) is 0.273. The van der Waals surface area contributed by atoms with Crippen LogP contribution in [0.1, 0.15) is 40.5 Å². The van der Waals surface area contributed by atoms with Crippen molar-refractivity contribution < 1.29 is 14.3 Å². The number of carbonyl (C=O) groups excluding carboxylic acids is 1. The number of hydrogen-bond donors (Lipinski definition) is 1. The zero-order valence-corrected chi connectivity index (χ0v) is 18.2. The van der Waals surface area contributed by atoms with Crippen molar-refractivity contribution in [3.05, 3.63) is 72.9 Å². The molecule has 2 aliphatic rings. The van der Waals surface area contributed by atoms with Gasteiger partial charge < -0.3 is 15.2 Å². The average Bonchev–Trinajstić information content (AvgIpc) is 3.07. The molecule has 4 rings (SSSR count). The van der Waals surface area contributed by atoms with Gasteiger partial charge in [-0.3, -0.25) is 4.79 Å². The summed E-state index contributed by atoms with van der Waals surface area (Å²) < 4.78 is 12.5. The maximum Gasteiger partial charge on any atom is 0.205 e. The molecule has 0 spiro atoms. The second kappa shape index (κ2) is 8.05. The highest BCUT2D eigenvalue weighted by molar-refractivity contribution is 9.10. The molecule has 2 aromatic rings. The van der Waals surface area contributed by atoms with Crippen LogP contribution in [0.15, 0.2) is 57.6 Å². The Balaban J connectivity index is 1.68. The molecular formula is C22H19BrN2O3S. The van der Waals surface area contributed by atoms with Gasteiger partial charge in [-0.15, -0.1) is 11.3 Å². The Morgan fingerprint density at radius 1 is 1.38 bits per heavy atom. The highest BCUT2D eigenvalue weighted by Gasteiger charge is 2.39. The Morgan fingerprint density at radius 3 is 2.93 bits per heavy atom. The number of ketones is 1. The van der Waals surface area contributed by atoms with Crippen LogP contribution in [-0.2, 0) is 16.1 Å². The SMILES string of the molecule is Cc1sc(C2C(C#N)=C(N)OC3=C2C(=O)CCC3)cc1COc1ccccc1Br. The number of Topliss-reactive ketones (excluding diaryl/α,β-unsaturated/α-hetero) is 1. The van der Waals surface area contributed by atoms with Gasteiger partial charge in [-0.05, 0) is 47.5 Å². The number of halogens is 1. The third-order valence-corrected chi connectivity index (χ3v) is 6.96. The lowest BCUT2D eigenvalue weighted by molar-refractivity contribution is -0.116. The number of nitrogens with two attached hydrogens (primary N) is 1. The minimum atomic E-state index is -0.461. The number of aryl methyl sites for hydroxylation is 1. The Morgan fingerprint density at radius 2 is 2.17 bits per heavy atom. The number of ether oxygens (including phenoxy) is 2. The first-order valence-corrected chi connectivity index (χ1v) is 10.9. The molecule has 2 heterocycles. The normalized spacial score (nSPS) is 18.9. The van der Waals surface area contributed by atoms with E-state index >= 15 is 0 Å². The lowest BCUT2D eigenvalue weighted by atomic mass is 9.80. The van der Waals surface area contributed by atoms with E-state index in [-0.39, 0.29) is 11.7 Å². The number of carbonyl (C=O) groups is 1. The molecule has 148 valence electrons. The third-order valence-electron chi connectivity index (χ3n) is 5.15. The summed E-state index contributed by atoms with van der Waals surface area (Å²) in [5.41, 5.74) is 7.94. The summed E-state index contributed by atoms with van der Waals surface area (Å²) in [7, 11) is 0. The lowest BCUT2D eigenvalue weighted by Gasteiger charge is -2.30. The van der Waals surface area contributed by atoms with Gasteiger partial charge in [-0.1, -0.05) is 12.1 Å². The summed E-state index contributed by atoms with van der Waals surface area (Å²) >= 11 is 5.05. The van der Waals surface area contributed by atoms with Crippen molar-refractivity contribution in [3.8, 4) is 11.8 Å². The summed E-state index contributed by atoms with van der Waals surface area (Å²) in [6.45, 7) is 2.42. The largest absolute Gasteiger partial charge is 0.488 e. The van der Waals surface area contributed by atoms with Crippen LogP contribution in [0.4, 0.5) is 0 Å². The molecule has 1 aromatic carbocycles. The molecule has 1 aliphatic heterocycles. The quantitative estimate of drug-likeness (QED) is 0.662. The highest BCUT2D eigenvalue weighted by atomic mass is 79.9. The van der Waals surface area contributed by atoms with Gasteiger partial charge in [-0.2, -0.15) is 5.26 Å². The zero-order chi connectivity index (χ0) is 20.5. The number of rotatable bonds is 4. The van der Waals surface area contributed by atoms with E-state index < -0.39 is 5.92 Å². The van der Waals surface area contributed by atoms with Gasteiger partial charge in [0.1, 0.15) is 29.8 Å².